The Balaban J connectivity index is 0.00000341. The maximum absolute atomic E-state index is 13.0. The molecule has 0 unspecified atom stereocenters. The number of aliphatic imine (C=N–C) groups is 1. The van der Waals surface area contributed by atoms with E-state index in [9.17, 15) is 17.6 Å². The maximum Gasteiger partial charge on any atom is 0.416 e. The summed E-state index contributed by atoms with van der Waals surface area (Å²) in [5.74, 6) is 0.594. The van der Waals surface area contributed by atoms with Crippen LogP contribution in [0.4, 0.5) is 17.6 Å². The van der Waals surface area contributed by atoms with Gasteiger partial charge in [0, 0.05) is 32.1 Å². The molecule has 0 amide bonds. The monoisotopic (exact) mass is 548 g/mol. The molecule has 0 fully saturated rings. The van der Waals surface area contributed by atoms with Crippen LogP contribution in [0.2, 0.25) is 0 Å². The Bertz CT molecular complexity index is 986. The fourth-order valence-electron chi connectivity index (χ4n) is 2.67. The van der Waals surface area contributed by atoms with Gasteiger partial charge in [0.25, 0.3) is 0 Å². The van der Waals surface area contributed by atoms with Crippen molar-refractivity contribution in [3.63, 3.8) is 0 Å². The van der Waals surface area contributed by atoms with Crippen molar-refractivity contribution >= 4 is 29.9 Å². The number of nitrogens with zero attached hydrogens (tertiary/aromatic N) is 2. The molecule has 0 spiro atoms. The zero-order chi connectivity index (χ0) is 21.6. The van der Waals surface area contributed by atoms with E-state index in [0.717, 1.165) is 17.8 Å². The van der Waals surface area contributed by atoms with Crippen molar-refractivity contribution < 1.29 is 22.0 Å². The number of guanidine groups is 1. The summed E-state index contributed by atoms with van der Waals surface area (Å²) in [5, 5.41) is 6.15. The van der Waals surface area contributed by atoms with E-state index in [1.165, 1.54) is 24.3 Å². The van der Waals surface area contributed by atoms with Crippen molar-refractivity contribution in [1.82, 2.24) is 15.6 Å². The minimum Gasteiger partial charge on any atom is -0.444 e. The molecule has 0 saturated carbocycles. The molecule has 3 rings (SSSR count). The van der Waals surface area contributed by atoms with Crippen LogP contribution in [0.1, 0.15) is 16.8 Å². The zero-order valence-corrected chi connectivity index (χ0v) is 18.9. The van der Waals surface area contributed by atoms with Gasteiger partial charge in [-0.25, -0.2) is 9.37 Å². The first-order valence-electron chi connectivity index (χ1n) is 9.16. The SMILES string of the molecule is CN=C(NCCc1coc(-c2ccc(F)cc2)n1)NCc1ccc(C(F)(F)F)cc1.I. The second-order valence-corrected chi connectivity index (χ2v) is 6.45. The lowest BCUT2D eigenvalue weighted by molar-refractivity contribution is -0.137. The van der Waals surface area contributed by atoms with E-state index in [2.05, 4.69) is 20.6 Å². The van der Waals surface area contributed by atoms with Crippen molar-refractivity contribution in [2.24, 2.45) is 4.99 Å². The van der Waals surface area contributed by atoms with Gasteiger partial charge in [-0.1, -0.05) is 12.1 Å². The van der Waals surface area contributed by atoms with E-state index in [-0.39, 0.29) is 29.8 Å². The van der Waals surface area contributed by atoms with E-state index >= 15 is 0 Å². The van der Waals surface area contributed by atoms with Crippen LogP contribution in [0.15, 0.2) is 64.2 Å². The highest BCUT2D eigenvalue weighted by atomic mass is 127. The first kappa shape index (κ1) is 24.6. The van der Waals surface area contributed by atoms with E-state index < -0.39 is 11.7 Å². The van der Waals surface area contributed by atoms with Crippen LogP contribution >= 0.6 is 24.0 Å². The van der Waals surface area contributed by atoms with Gasteiger partial charge in [0.2, 0.25) is 5.89 Å². The number of nitrogens with one attached hydrogen (secondary N) is 2. The molecule has 0 bridgehead atoms. The van der Waals surface area contributed by atoms with Gasteiger partial charge in [-0.3, -0.25) is 4.99 Å². The molecular formula is C21H21F4IN4O. The number of aromatic nitrogens is 1. The van der Waals surface area contributed by atoms with Gasteiger partial charge >= 0.3 is 6.18 Å². The smallest absolute Gasteiger partial charge is 0.416 e. The molecule has 0 radical (unpaired) electrons. The first-order valence-corrected chi connectivity index (χ1v) is 9.16. The van der Waals surface area contributed by atoms with Crippen LogP contribution in [0, 0.1) is 5.82 Å². The number of rotatable bonds is 6. The molecule has 1 aromatic heterocycles. The number of alkyl halides is 3. The Morgan fingerprint density at radius 2 is 1.71 bits per heavy atom. The number of halogens is 5. The summed E-state index contributed by atoms with van der Waals surface area (Å²) in [6.07, 6.45) is -2.24. The largest absolute Gasteiger partial charge is 0.444 e. The molecule has 0 aliphatic heterocycles. The van der Waals surface area contributed by atoms with E-state index in [1.807, 2.05) is 0 Å². The average molecular weight is 548 g/mol. The van der Waals surface area contributed by atoms with Gasteiger partial charge in [0.05, 0.1) is 11.3 Å². The molecule has 0 aliphatic rings. The van der Waals surface area contributed by atoms with Gasteiger partial charge < -0.3 is 15.1 Å². The first-order chi connectivity index (χ1) is 14.3. The summed E-state index contributed by atoms with van der Waals surface area (Å²) in [4.78, 5) is 8.46. The topological polar surface area (TPSA) is 62.5 Å². The summed E-state index contributed by atoms with van der Waals surface area (Å²) in [6, 6.07) is 10.8. The van der Waals surface area contributed by atoms with Crippen molar-refractivity contribution in [3.05, 3.63) is 77.4 Å². The standard InChI is InChI=1S/C21H20F4N4O.HI/c1-26-20(28-12-14-2-6-16(7-3-14)21(23,24)25)27-11-10-18-13-30-19(29-18)15-4-8-17(22)9-5-15;/h2-9,13H,10-12H2,1H3,(H2,26,27,28);1H. The fourth-order valence-corrected chi connectivity index (χ4v) is 2.67. The van der Waals surface area contributed by atoms with Gasteiger partial charge in [-0.2, -0.15) is 13.2 Å². The zero-order valence-electron chi connectivity index (χ0n) is 16.5. The van der Waals surface area contributed by atoms with Crippen LogP contribution in [0.5, 0.6) is 0 Å². The summed E-state index contributed by atoms with van der Waals surface area (Å²) in [6.45, 7) is 0.846. The van der Waals surface area contributed by atoms with Crippen LogP contribution in [-0.2, 0) is 19.1 Å². The fraction of sp³-hybridized carbons (Fsp3) is 0.238. The molecule has 5 nitrogen and oxygen atoms in total. The molecule has 2 aromatic carbocycles. The quantitative estimate of drug-likeness (QED) is 0.197. The van der Waals surface area contributed by atoms with Crippen molar-refractivity contribution in [2.45, 2.75) is 19.1 Å². The highest BCUT2D eigenvalue weighted by Gasteiger charge is 2.29. The minimum atomic E-state index is -4.35. The molecule has 2 N–H and O–H groups in total. The van der Waals surface area contributed by atoms with E-state index in [4.69, 9.17) is 4.42 Å². The molecule has 0 saturated heterocycles. The summed E-state index contributed by atoms with van der Waals surface area (Å²) >= 11 is 0. The summed E-state index contributed by atoms with van der Waals surface area (Å²) in [7, 11) is 1.60. The lowest BCUT2D eigenvalue weighted by atomic mass is 10.1. The number of benzene rings is 2. The Labute approximate surface area is 194 Å². The lowest BCUT2D eigenvalue weighted by Crippen LogP contribution is -2.37. The van der Waals surface area contributed by atoms with E-state index in [0.29, 0.717) is 42.5 Å². The Morgan fingerprint density at radius 1 is 1.03 bits per heavy atom. The van der Waals surface area contributed by atoms with Crippen LogP contribution < -0.4 is 10.6 Å². The second kappa shape index (κ2) is 11.1. The molecule has 10 heteroatoms. The Hall–Kier alpha value is -2.63. The third-order valence-corrected chi connectivity index (χ3v) is 4.28. The third kappa shape index (κ3) is 7.23. The molecule has 166 valence electrons. The van der Waals surface area contributed by atoms with Crippen LogP contribution in [-0.4, -0.2) is 24.5 Å². The Morgan fingerprint density at radius 3 is 2.32 bits per heavy atom. The summed E-state index contributed by atoms with van der Waals surface area (Å²) < 4.78 is 56.3. The average Bonchev–Trinajstić information content (AvgIpc) is 3.19. The van der Waals surface area contributed by atoms with Crippen molar-refractivity contribution in [2.75, 3.05) is 13.6 Å². The lowest BCUT2D eigenvalue weighted by Gasteiger charge is -2.12. The van der Waals surface area contributed by atoms with Gasteiger partial charge in [0.15, 0.2) is 5.96 Å². The summed E-state index contributed by atoms with van der Waals surface area (Å²) in [5.41, 5.74) is 1.43. The second-order valence-electron chi connectivity index (χ2n) is 6.45. The van der Waals surface area contributed by atoms with Crippen LogP contribution in [0.3, 0.4) is 0 Å². The number of oxazole rings is 1. The predicted molar refractivity (Wildman–Crippen MR) is 121 cm³/mol. The van der Waals surface area contributed by atoms with Crippen LogP contribution in [0.25, 0.3) is 11.5 Å². The molecule has 0 aliphatic carbocycles. The van der Waals surface area contributed by atoms with Crippen molar-refractivity contribution in [1.29, 1.82) is 0 Å². The Kier molecular flexibility index (Phi) is 8.84. The number of hydrogen-bond acceptors (Lipinski definition) is 3. The van der Waals surface area contributed by atoms with E-state index in [1.54, 1.807) is 25.4 Å². The van der Waals surface area contributed by atoms with Gasteiger partial charge in [-0.15, -0.1) is 24.0 Å². The molecule has 1 heterocycles. The number of hydrogen-bond donors (Lipinski definition) is 2. The maximum atomic E-state index is 13.0. The normalized spacial score (nSPS) is 11.7. The molecule has 3 aromatic rings. The van der Waals surface area contributed by atoms with Crippen molar-refractivity contribution in [3.8, 4) is 11.5 Å². The minimum absolute atomic E-state index is 0. The van der Waals surface area contributed by atoms with Gasteiger partial charge in [-0.05, 0) is 42.0 Å². The third-order valence-electron chi connectivity index (χ3n) is 4.28. The van der Waals surface area contributed by atoms with Gasteiger partial charge in [0.1, 0.15) is 12.1 Å². The molecule has 0 atom stereocenters. The molecule has 31 heavy (non-hydrogen) atoms. The predicted octanol–water partition coefficient (Wildman–Crippen LogP) is 5.03. The highest BCUT2D eigenvalue weighted by molar-refractivity contribution is 14.0. The molecular weight excluding hydrogens is 527 g/mol. The highest BCUT2D eigenvalue weighted by Crippen LogP contribution is 2.29.